The Hall–Kier alpha value is -3.26. The van der Waals surface area contributed by atoms with Crippen LogP contribution in [0.1, 0.15) is 18.1 Å². The third kappa shape index (κ3) is 3.40. The van der Waals surface area contributed by atoms with E-state index in [0.717, 1.165) is 39.4 Å². The van der Waals surface area contributed by atoms with Crippen LogP contribution in [0.2, 0.25) is 0 Å². The van der Waals surface area contributed by atoms with Crippen molar-refractivity contribution in [3.05, 3.63) is 76.8 Å². The standard InChI is InChI=1S/C21H22N4O/c1-13-7-6-8-14(2)20(13)26-21-23-18(11-22)10-19(24-21)17-9-15(3)16(4)25(5)12-17/h6-10,12,21,24H,4H2,1-3,5H3. The molecular weight excluding hydrogens is 324 g/mol. The lowest BCUT2D eigenvalue weighted by molar-refractivity contribution is 0.183. The van der Waals surface area contributed by atoms with E-state index in [-0.39, 0.29) is 0 Å². The average Bonchev–Trinajstić information content (AvgIpc) is 2.62. The van der Waals surface area contributed by atoms with Gasteiger partial charge < -0.3 is 15.0 Å². The second kappa shape index (κ2) is 6.93. The number of hydrogen-bond donors (Lipinski definition) is 1. The van der Waals surface area contributed by atoms with Crippen molar-refractivity contribution < 1.29 is 4.74 Å². The summed E-state index contributed by atoms with van der Waals surface area (Å²) in [5.41, 5.74) is 6.15. The third-order valence-corrected chi connectivity index (χ3v) is 4.47. The Morgan fingerprint density at radius 1 is 1.23 bits per heavy atom. The lowest BCUT2D eigenvalue weighted by Gasteiger charge is -2.29. The highest BCUT2D eigenvalue weighted by molar-refractivity contribution is 6.08. The van der Waals surface area contributed by atoms with Crippen LogP contribution in [0.3, 0.4) is 0 Å². The number of para-hydroxylation sites is 1. The van der Waals surface area contributed by atoms with E-state index in [1.54, 1.807) is 6.08 Å². The van der Waals surface area contributed by atoms with Crippen LogP contribution in [0.15, 0.2) is 70.7 Å². The van der Waals surface area contributed by atoms with E-state index < -0.39 is 6.35 Å². The minimum Gasteiger partial charge on any atom is -0.450 e. The minimum atomic E-state index is -0.658. The number of benzene rings is 1. The monoisotopic (exact) mass is 346 g/mol. The first-order valence-electron chi connectivity index (χ1n) is 8.40. The molecule has 2 aliphatic rings. The van der Waals surface area contributed by atoms with Crippen LogP contribution < -0.4 is 10.1 Å². The van der Waals surface area contributed by atoms with Gasteiger partial charge in [-0.3, -0.25) is 0 Å². The zero-order valence-corrected chi connectivity index (χ0v) is 15.5. The molecule has 0 aromatic heterocycles. The summed E-state index contributed by atoms with van der Waals surface area (Å²) >= 11 is 0. The Balaban J connectivity index is 1.90. The van der Waals surface area contributed by atoms with E-state index in [1.165, 1.54) is 0 Å². The largest absolute Gasteiger partial charge is 0.450 e. The number of nitriles is 1. The molecule has 26 heavy (non-hydrogen) atoms. The molecule has 0 amide bonds. The lowest BCUT2D eigenvalue weighted by atomic mass is 10.0. The Bertz CT molecular complexity index is 908. The van der Waals surface area contributed by atoms with Crippen molar-refractivity contribution in [3.63, 3.8) is 0 Å². The Labute approximate surface area is 154 Å². The molecule has 0 spiro atoms. The van der Waals surface area contributed by atoms with Crippen molar-refractivity contribution in [1.29, 1.82) is 5.26 Å². The van der Waals surface area contributed by atoms with E-state index in [2.05, 4.69) is 23.0 Å². The summed E-state index contributed by atoms with van der Waals surface area (Å²) in [5.74, 6) is 0.780. The van der Waals surface area contributed by atoms with Gasteiger partial charge in [-0.2, -0.15) is 5.26 Å². The second-order valence-electron chi connectivity index (χ2n) is 6.49. The van der Waals surface area contributed by atoms with Crippen LogP contribution in [-0.4, -0.2) is 24.0 Å². The van der Waals surface area contributed by atoms with E-state index in [4.69, 9.17) is 4.74 Å². The molecule has 1 aromatic rings. The number of aryl methyl sites for hydroxylation is 2. The molecule has 0 saturated heterocycles. The topological polar surface area (TPSA) is 60.6 Å². The van der Waals surface area contributed by atoms with Crippen molar-refractivity contribution in [2.45, 2.75) is 27.1 Å². The molecule has 1 aromatic carbocycles. The van der Waals surface area contributed by atoms with Gasteiger partial charge in [0.2, 0.25) is 0 Å². The Morgan fingerprint density at radius 3 is 2.54 bits per heavy atom. The summed E-state index contributed by atoms with van der Waals surface area (Å²) in [6.07, 6.45) is 5.10. The second-order valence-corrected chi connectivity index (χ2v) is 6.49. The molecule has 0 bridgehead atoms. The quantitative estimate of drug-likeness (QED) is 0.906. The lowest BCUT2D eigenvalue weighted by Crippen LogP contribution is -2.37. The molecule has 2 aliphatic heterocycles. The van der Waals surface area contributed by atoms with Gasteiger partial charge in [0.25, 0.3) is 6.35 Å². The molecule has 1 unspecified atom stereocenters. The zero-order valence-electron chi connectivity index (χ0n) is 15.5. The first kappa shape index (κ1) is 17.6. The van der Waals surface area contributed by atoms with Crippen LogP contribution >= 0.6 is 0 Å². The van der Waals surface area contributed by atoms with Gasteiger partial charge in [0, 0.05) is 24.5 Å². The van der Waals surface area contributed by atoms with Crippen LogP contribution in [0, 0.1) is 25.2 Å². The van der Waals surface area contributed by atoms with Crippen LogP contribution in [-0.2, 0) is 0 Å². The van der Waals surface area contributed by atoms with Crippen LogP contribution in [0.5, 0.6) is 5.75 Å². The molecule has 1 N–H and O–H groups in total. The molecular formula is C21H22N4O. The highest BCUT2D eigenvalue weighted by Crippen LogP contribution is 2.27. The number of rotatable bonds is 3. The highest BCUT2D eigenvalue weighted by Gasteiger charge is 2.22. The number of likely N-dealkylation sites (N-methyl/N-ethyl adjacent to an activating group) is 1. The predicted octanol–water partition coefficient (Wildman–Crippen LogP) is 3.71. The van der Waals surface area contributed by atoms with Crippen LogP contribution in [0.25, 0.3) is 0 Å². The molecule has 3 rings (SSSR count). The number of aliphatic imine (C=N–C) groups is 1. The molecule has 0 aliphatic carbocycles. The van der Waals surface area contributed by atoms with Crippen molar-refractivity contribution in [3.8, 4) is 11.8 Å². The number of hydrogen-bond acceptors (Lipinski definition) is 5. The summed E-state index contributed by atoms with van der Waals surface area (Å²) < 4.78 is 6.08. The fourth-order valence-corrected chi connectivity index (χ4v) is 2.95. The smallest absolute Gasteiger partial charge is 0.269 e. The maximum Gasteiger partial charge on any atom is 0.269 e. The van der Waals surface area contributed by atoms with E-state index in [1.807, 2.05) is 63.2 Å². The zero-order chi connectivity index (χ0) is 18.8. The number of ether oxygens (including phenoxy) is 1. The molecule has 5 nitrogen and oxygen atoms in total. The number of nitrogens with one attached hydrogen (secondary N) is 1. The Kier molecular flexibility index (Phi) is 4.68. The SMILES string of the molecule is C=C1C(C)=CC(C2=CC(C#N)=NC(Oc3c(C)cccc3C)N2)=CN1C. The normalized spacial score (nSPS) is 19.6. The molecule has 2 heterocycles. The first-order chi connectivity index (χ1) is 12.4. The van der Waals surface area contributed by atoms with Gasteiger partial charge in [0.05, 0.1) is 5.70 Å². The molecule has 1 atom stereocenters. The number of allylic oxidation sites excluding steroid dienone is 3. The average molecular weight is 346 g/mol. The van der Waals surface area contributed by atoms with E-state index in [0.29, 0.717) is 5.71 Å². The van der Waals surface area contributed by atoms with Gasteiger partial charge in [-0.15, -0.1) is 0 Å². The fourth-order valence-electron chi connectivity index (χ4n) is 2.95. The van der Waals surface area contributed by atoms with Crippen LogP contribution in [0.4, 0.5) is 0 Å². The minimum absolute atomic E-state index is 0.328. The molecule has 5 heteroatoms. The number of nitrogens with zero attached hydrogens (tertiary/aromatic N) is 3. The Morgan fingerprint density at radius 2 is 1.92 bits per heavy atom. The van der Waals surface area contributed by atoms with Gasteiger partial charge in [0.1, 0.15) is 17.5 Å². The summed E-state index contributed by atoms with van der Waals surface area (Å²) in [7, 11) is 1.95. The molecule has 132 valence electrons. The predicted molar refractivity (Wildman–Crippen MR) is 103 cm³/mol. The third-order valence-electron chi connectivity index (χ3n) is 4.47. The summed E-state index contributed by atoms with van der Waals surface area (Å²) in [4.78, 5) is 6.31. The fraction of sp³-hybridized carbons (Fsp3) is 0.238. The van der Waals surface area contributed by atoms with Crippen molar-refractivity contribution in [2.75, 3.05) is 7.05 Å². The molecule has 0 saturated carbocycles. The molecule has 0 radical (unpaired) electrons. The van der Waals surface area contributed by atoms with Gasteiger partial charge >= 0.3 is 0 Å². The summed E-state index contributed by atoms with van der Waals surface area (Å²) in [5, 5.41) is 12.7. The van der Waals surface area contributed by atoms with Crippen molar-refractivity contribution >= 4 is 5.71 Å². The maximum absolute atomic E-state index is 9.38. The van der Waals surface area contributed by atoms with Crippen molar-refractivity contribution in [2.24, 2.45) is 4.99 Å². The van der Waals surface area contributed by atoms with Gasteiger partial charge in [-0.05, 0) is 49.6 Å². The van der Waals surface area contributed by atoms with Gasteiger partial charge in [0.15, 0.2) is 0 Å². The maximum atomic E-state index is 9.38. The van der Waals surface area contributed by atoms with Gasteiger partial charge in [-0.1, -0.05) is 24.8 Å². The summed E-state index contributed by atoms with van der Waals surface area (Å²) in [6, 6.07) is 8.10. The first-order valence-corrected chi connectivity index (χ1v) is 8.40. The van der Waals surface area contributed by atoms with E-state index in [9.17, 15) is 5.26 Å². The molecule has 0 fully saturated rings. The summed E-state index contributed by atoms with van der Waals surface area (Å²) in [6.45, 7) is 10.0. The van der Waals surface area contributed by atoms with E-state index >= 15 is 0 Å². The highest BCUT2D eigenvalue weighted by atomic mass is 16.5. The van der Waals surface area contributed by atoms with Crippen molar-refractivity contribution in [1.82, 2.24) is 10.2 Å². The van der Waals surface area contributed by atoms with Gasteiger partial charge in [-0.25, -0.2) is 4.99 Å².